The topological polar surface area (TPSA) is 81.5 Å². The second-order valence-corrected chi connectivity index (χ2v) is 5.10. The molecule has 0 bridgehead atoms. The molecule has 1 amide bonds. The molecular formula is C17H17FN2O4. The van der Waals surface area contributed by atoms with E-state index in [1.165, 1.54) is 0 Å². The predicted octanol–water partition coefficient (Wildman–Crippen LogP) is 4.17. The fraction of sp³-hybridized carbons (Fsp3) is 0.235. The molecule has 0 aromatic heterocycles. The highest BCUT2D eigenvalue weighted by Gasteiger charge is 2.14. The number of nitrogens with zero attached hydrogens (tertiary/aromatic N) is 1. The molecule has 126 valence electrons. The maximum atomic E-state index is 13.7. The van der Waals surface area contributed by atoms with Crippen LogP contribution >= 0.6 is 0 Å². The number of carbonyl (C=O) groups excluding carboxylic acids is 1. The van der Waals surface area contributed by atoms with E-state index in [1.807, 2.05) is 0 Å². The molecular weight excluding hydrogens is 315 g/mol. The van der Waals surface area contributed by atoms with Gasteiger partial charge in [-0.05, 0) is 36.8 Å². The van der Waals surface area contributed by atoms with E-state index in [0.29, 0.717) is 17.9 Å². The van der Waals surface area contributed by atoms with Crippen molar-refractivity contribution in [1.29, 1.82) is 0 Å². The molecule has 0 aliphatic carbocycles. The van der Waals surface area contributed by atoms with E-state index in [4.69, 9.17) is 4.74 Å². The molecule has 0 aliphatic heterocycles. The predicted molar refractivity (Wildman–Crippen MR) is 87.9 cm³/mol. The summed E-state index contributed by atoms with van der Waals surface area (Å²) in [4.78, 5) is 22.2. The number of unbranched alkanes of at least 4 members (excludes halogenated alkanes) is 1. The third-order valence-electron chi connectivity index (χ3n) is 3.29. The molecule has 1 N–H and O–H groups in total. The number of hydrogen-bond donors (Lipinski definition) is 1. The molecule has 24 heavy (non-hydrogen) atoms. The highest BCUT2D eigenvalue weighted by molar-refractivity contribution is 6.04. The number of nitrogens with one attached hydrogen (secondary N) is 1. The van der Waals surface area contributed by atoms with Crippen LogP contribution in [0, 0.1) is 15.9 Å². The average Bonchev–Trinajstić information content (AvgIpc) is 2.57. The third-order valence-corrected chi connectivity index (χ3v) is 3.29. The first kappa shape index (κ1) is 17.4. The number of carbonyl (C=O) groups is 1. The van der Waals surface area contributed by atoms with Crippen LogP contribution in [0.3, 0.4) is 0 Å². The van der Waals surface area contributed by atoms with E-state index < -0.39 is 16.6 Å². The normalized spacial score (nSPS) is 10.2. The van der Waals surface area contributed by atoms with Crippen LogP contribution in [-0.2, 0) is 0 Å². The van der Waals surface area contributed by atoms with E-state index in [0.717, 1.165) is 31.0 Å². The SMILES string of the molecule is CCCCOc1ccc(C(=O)Nc2cc([N+](=O)[O-])ccc2F)cc1. The minimum atomic E-state index is -0.742. The van der Waals surface area contributed by atoms with Gasteiger partial charge in [0.1, 0.15) is 11.6 Å². The van der Waals surface area contributed by atoms with Crippen LogP contribution in [-0.4, -0.2) is 17.4 Å². The van der Waals surface area contributed by atoms with Crippen molar-refractivity contribution in [3.05, 3.63) is 64.0 Å². The summed E-state index contributed by atoms with van der Waals surface area (Å²) in [5.74, 6) is -0.662. The minimum absolute atomic E-state index is 0.238. The Morgan fingerprint density at radius 3 is 2.58 bits per heavy atom. The third kappa shape index (κ3) is 4.52. The van der Waals surface area contributed by atoms with Gasteiger partial charge in [-0.2, -0.15) is 0 Å². The minimum Gasteiger partial charge on any atom is -0.494 e. The molecule has 2 aromatic carbocycles. The molecule has 0 radical (unpaired) electrons. The van der Waals surface area contributed by atoms with Crippen molar-refractivity contribution in [2.24, 2.45) is 0 Å². The molecule has 0 saturated carbocycles. The summed E-state index contributed by atoms with van der Waals surface area (Å²) < 4.78 is 19.2. The zero-order valence-electron chi connectivity index (χ0n) is 13.1. The van der Waals surface area contributed by atoms with Crippen LogP contribution in [0.15, 0.2) is 42.5 Å². The van der Waals surface area contributed by atoms with Crippen LogP contribution < -0.4 is 10.1 Å². The van der Waals surface area contributed by atoms with Gasteiger partial charge in [-0.1, -0.05) is 13.3 Å². The van der Waals surface area contributed by atoms with Gasteiger partial charge >= 0.3 is 0 Å². The number of halogens is 1. The average molecular weight is 332 g/mol. The fourth-order valence-electron chi connectivity index (χ4n) is 1.95. The summed E-state index contributed by atoms with van der Waals surface area (Å²) in [5, 5.41) is 13.1. The van der Waals surface area contributed by atoms with Crippen LogP contribution in [0.1, 0.15) is 30.1 Å². The van der Waals surface area contributed by atoms with Gasteiger partial charge in [-0.15, -0.1) is 0 Å². The number of ether oxygens (including phenoxy) is 1. The maximum absolute atomic E-state index is 13.7. The van der Waals surface area contributed by atoms with Crippen molar-refractivity contribution in [1.82, 2.24) is 0 Å². The van der Waals surface area contributed by atoms with Crippen LogP contribution in [0.5, 0.6) is 5.75 Å². The Bertz CT molecular complexity index is 732. The zero-order chi connectivity index (χ0) is 17.5. The fourth-order valence-corrected chi connectivity index (χ4v) is 1.95. The molecule has 0 saturated heterocycles. The molecule has 0 aliphatic rings. The standard InChI is InChI=1S/C17H17FN2O4/c1-2-3-10-24-14-7-4-12(5-8-14)17(21)19-16-11-13(20(22)23)6-9-15(16)18/h4-9,11H,2-3,10H2,1H3,(H,19,21). The quantitative estimate of drug-likeness (QED) is 0.469. The van der Waals surface area contributed by atoms with Gasteiger partial charge in [-0.25, -0.2) is 4.39 Å². The number of amides is 1. The summed E-state index contributed by atoms with van der Waals surface area (Å²) in [6, 6.07) is 9.35. The molecule has 0 atom stereocenters. The summed E-state index contributed by atoms with van der Waals surface area (Å²) in [7, 11) is 0. The van der Waals surface area contributed by atoms with Gasteiger partial charge in [0, 0.05) is 17.7 Å². The Kier molecular flexibility index (Phi) is 5.83. The number of non-ortho nitro benzene ring substituents is 1. The van der Waals surface area contributed by atoms with Crippen LogP contribution in [0.2, 0.25) is 0 Å². The van der Waals surface area contributed by atoms with Gasteiger partial charge in [0.25, 0.3) is 11.6 Å². The molecule has 2 aromatic rings. The number of hydrogen-bond acceptors (Lipinski definition) is 4. The van der Waals surface area contributed by atoms with Gasteiger partial charge in [0.2, 0.25) is 0 Å². The van der Waals surface area contributed by atoms with Crippen LogP contribution in [0.4, 0.5) is 15.8 Å². The Hall–Kier alpha value is -2.96. The molecule has 0 heterocycles. The first-order valence-electron chi connectivity index (χ1n) is 7.49. The Balaban J connectivity index is 2.07. The lowest BCUT2D eigenvalue weighted by Gasteiger charge is -2.08. The van der Waals surface area contributed by atoms with E-state index >= 15 is 0 Å². The van der Waals surface area contributed by atoms with E-state index in [9.17, 15) is 19.3 Å². The number of benzene rings is 2. The summed E-state index contributed by atoms with van der Waals surface area (Å²) in [6.07, 6.45) is 1.96. The molecule has 0 spiro atoms. The summed E-state index contributed by atoms with van der Waals surface area (Å²) in [6.45, 7) is 2.66. The maximum Gasteiger partial charge on any atom is 0.271 e. The Morgan fingerprint density at radius 2 is 1.96 bits per heavy atom. The van der Waals surface area contributed by atoms with Crippen molar-refractivity contribution in [2.75, 3.05) is 11.9 Å². The number of nitro groups is 1. The lowest BCUT2D eigenvalue weighted by atomic mass is 10.2. The van der Waals surface area contributed by atoms with Crippen molar-refractivity contribution in [2.45, 2.75) is 19.8 Å². The smallest absolute Gasteiger partial charge is 0.271 e. The second kappa shape index (κ2) is 8.05. The van der Waals surface area contributed by atoms with Crippen molar-refractivity contribution >= 4 is 17.3 Å². The van der Waals surface area contributed by atoms with Gasteiger partial charge in [0.15, 0.2) is 0 Å². The lowest BCUT2D eigenvalue weighted by molar-refractivity contribution is -0.384. The molecule has 6 nitrogen and oxygen atoms in total. The van der Waals surface area contributed by atoms with Crippen molar-refractivity contribution in [3.63, 3.8) is 0 Å². The highest BCUT2D eigenvalue weighted by Crippen LogP contribution is 2.22. The lowest BCUT2D eigenvalue weighted by Crippen LogP contribution is -2.13. The zero-order valence-corrected chi connectivity index (χ0v) is 13.1. The van der Waals surface area contributed by atoms with E-state index in [2.05, 4.69) is 12.2 Å². The molecule has 0 unspecified atom stereocenters. The van der Waals surface area contributed by atoms with E-state index in [-0.39, 0.29) is 11.4 Å². The second-order valence-electron chi connectivity index (χ2n) is 5.10. The monoisotopic (exact) mass is 332 g/mol. The Morgan fingerprint density at radius 1 is 1.25 bits per heavy atom. The van der Waals surface area contributed by atoms with Crippen LogP contribution in [0.25, 0.3) is 0 Å². The van der Waals surface area contributed by atoms with Gasteiger partial charge in [-0.3, -0.25) is 14.9 Å². The molecule has 7 heteroatoms. The first-order valence-corrected chi connectivity index (χ1v) is 7.49. The summed E-state index contributed by atoms with van der Waals surface area (Å²) >= 11 is 0. The highest BCUT2D eigenvalue weighted by atomic mass is 19.1. The number of rotatable bonds is 7. The van der Waals surface area contributed by atoms with Crippen molar-refractivity contribution in [3.8, 4) is 5.75 Å². The largest absolute Gasteiger partial charge is 0.494 e. The summed E-state index contributed by atoms with van der Waals surface area (Å²) in [5.41, 5.74) is -0.243. The Labute approximate surface area is 138 Å². The van der Waals surface area contributed by atoms with E-state index in [1.54, 1.807) is 24.3 Å². The van der Waals surface area contributed by atoms with Gasteiger partial charge in [0.05, 0.1) is 17.2 Å². The van der Waals surface area contributed by atoms with Crippen molar-refractivity contribution < 1.29 is 18.8 Å². The van der Waals surface area contributed by atoms with Gasteiger partial charge < -0.3 is 10.1 Å². The number of anilines is 1. The number of nitro benzene ring substituents is 1. The first-order chi connectivity index (χ1) is 11.5. The molecule has 2 rings (SSSR count). The molecule has 0 fully saturated rings.